The fourth-order valence-electron chi connectivity index (χ4n) is 7.98. The number of hydrogen-bond donors (Lipinski definition) is 0. The van der Waals surface area contributed by atoms with E-state index in [0.717, 1.165) is 50.5 Å². The standard InChI is InChI=1S/C25H36O5/c1-14(26)20-8-9-21-19-7-6-17-12-18(29-15(2)27)10-11-24(17,4)22(19)13-23(25(20,21)5)30-16(3)28/h8,17-19,21-23H,6-7,9-13H2,1-5H3/t17-,18?,19?,21?,22?,23?,24?,25?/m0/s1. The molecule has 3 fully saturated rings. The SMILES string of the molecule is CC(=O)OC1CCC2(C)C3CC(OC(C)=O)C4(C)C(C(C)=O)=CCC4C3CC[C@H]2C1. The van der Waals surface area contributed by atoms with E-state index < -0.39 is 0 Å². The molecule has 5 nitrogen and oxygen atoms in total. The molecule has 0 spiro atoms. The molecule has 0 amide bonds. The molecule has 7 unspecified atom stereocenters. The zero-order valence-corrected chi connectivity index (χ0v) is 19.0. The maximum atomic E-state index is 12.5. The van der Waals surface area contributed by atoms with Crippen molar-refractivity contribution >= 4 is 17.7 Å². The van der Waals surface area contributed by atoms with E-state index >= 15 is 0 Å². The summed E-state index contributed by atoms with van der Waals surface area (Å²) < 4.78 is 11.5. The number of esters is 2. The molecule has 0 aliphatic heterocycles. The second-order valence-electron chi connectivity index (χ2n) is 10.7. The molecule has 4 rings (SSSR count). The predicted octanol–water partition coefficient (Wildman–Crippen LogP) is 4.63. The molecule has 0 aromatic carbocycles. The summed E-state index contributed by atoms with van der Waals surface area (Å²) in [6, 6.07) is 0. The van der Waals surface area contributed by atoms with Crippen molar-refractivity contribution < 1.29 is 23.9 Å². The first-order chi connectivity index (χ1) is 14.1. The molecule has 0 bridgehead atoms. The van der Waals surface area contributed by atoms with Crippen LogP contribution in [0.4, 0.5) is 0 Å². The van der Waals surface area contributed by atoms with Crippen molar-refractivity contribution in [2.75, 3.05) is 0 Å². The summed E-state index contributed by atoms with van der Waals surface area (Å²) in [7, 11) is 0. The molecule has 0 heterocycles. The highest BCUT2D eigenvalue weighted by atomic mass is 16.5. The molecule has 4 aliphatic carbocycles. The van der Waals surface area contributed by atoms with Crippen LogP contribution >= 0.6 is 0 Å². The first-order valence-corrected chi connectivity index (χ1v) is 11.6. The average molecular weight is 417 g/mol. The van der Waals surface area contributed by atoms with Gasteiger partial charge in [0.05, 0.1) is 0 Å². The Labute approximate surface area is 179 Å². The highest BCUT2D eigenvalue weighted by Gasteiger charge is 2.63. The van der Waals surface area contributed by atoms with E-state index in [1.807, 2.05) is 0 Å². The number of ether oxygens (including phenoxy) is 2. The molecule has 0 radical (unpaired) electrons. The van der Waals surface area contributed by atoms with Gasteiger partial charge >= 0.3 is 11.9 Å². The van der Waals surface area contributed by atoms with E-state index in [9.17, 15) is 14.4 Å². The van der Waals surface area contributed by atoms with E-state index in [0.29, 0.717) is 23.7 Å². The third kappa shape index (κ3) is 3.23. The maximum absolute atomic E-state index is 12.5. The smallest absolute Gasteiger partial charge is 0.302 e. The van der Waals surface area contributed by atoms with Crippen LogP contribution in [0.5, 0.6) is 0 Å². The van der Waals surface area contributed by atoms with Crippen LogP contribution in [0, 0.1) is 34.5 Å². The summed E-state index contributed by atoms with van der Waals surface area (Å²) in [6.07, 6.45) is 8.82. The summed E-state index contributed by atoms with van der Waals surface area (Å²) in [4.78, 5) is 35.9. The van der Waals surface area contributed by atoms with Gasteiger partial charge in [0.2, 0.25) is 0 Å². The van der Waals surface area contributed by atoms with E-state index in [-0.39, 0.29) is 40.8 Å². The Morgan fingerprint density at radius 3 is 2.27 bits per heavy atom. The Morgan fingerprint density at radius 2 is 1.63 bits per heavy atom. The third-order valence-corrected chi connectivity index (χ3v) is 9.30. The second kappa shape index (κ2) is 7.49. The number of rotatable bonds is 3. The monoisotopic (exact) mass is 416 g/mol. The van der Waals surface area contributed by atoms with Crippen LogP contribution in [0.3, 0.4) is 0 Å². The fourth-order valence-corrected chi connectivity index (χ4v) is 7.98. The van der Waals surface area contributed by atoms with E-state index in [2.05, 4.69) is 19.9 Å². The zero-order valence-electron chi connectivity index (χ0n) is 19.0. The number of ketones is 1. The van der Waals surface area contributed by atoms with Crippen molar-refractivity contribution in [2.45, 2.75) is 91.8 Å². The van der Waals surface area contributed by atoms with Crippen molar-refractivity contribution in [3.8, 4) is 0 Å². The lowest BCUT2D eigenvalue weighted by Crippen LogP contribution is -2.59. The molecule has 30 heavy (non-hydrogen) atoms. The zero-order chi connectivity index (χ0) is 21.8. The molecule has 3 saturated carbocycles. The van der Waals surface area contributed by atoms with Crippen LogP contribution in [0.1, 0.15) is 79.6 Å². The summed E-state index contributed by atoms with van der Waals surface area (Å²) >= 11 is 0. The minimum absolute atomic E-state index is 0.0349. The molecule has 4 aliphatic rings. The van der Waals surface area contributed by atoms with Crippen LogP contribution in [0.15, 0.2) is 11.6 Å². The molecule has 0 aromatic heterocycles. The first kappa shape index (κ1) is 21.6. The Kier molecular flexibility index (Phi) is 5.39. The third-order valence-electron chi connectivity index (χ3n) is 9.30. The molecule has 5 heteroatoms. The topological polar surface area (TPSA) is 69.7 Å². The average Bonchev–Trinajstić information content (AvgIpc) is 3.01. The van der Waals surface area contributed by atoms with Gasteiger partial charge in [0.1, 0.15) is 12.2 Å². The van der Waals surface area contributed by atoms with Gasteiger partial charge in [-0.2, -0.15) is 0 Å². The summed E-state index contributed by atoms with van der Waals surface area (Å²) in [5.74, 6) is 1.55. The van der Waals surface area contributed by atoms with E-state index in [1.165, 1.54) is 13.8 Å². The van der Waals surface area contributed by atoms with Crippen molar-refractivity contribution in [2.24, 2.45) is 34.5 Å². The Bertz CT molecular complexity index is 784. The van der Waals surface area contributed by atoms with Gasteiger partial charge in [-0.3, -0.25) is 14.4 Å². The van der Waals surface area contributed by atoms with Crippen molar-refractivity contribution in [3.63, 3.8) is 0 Å². The normalized spacial score (nSPS) is 44.8. The first-order valence-electron chi connectivity index (χ1n) is 11.6. The lowest BCUT2D eigenvalue weighted by molar-refractivity contribution is -0.185. The quantitative estimate of drug-likeness (QED) is 0.628. The Morgan fingerprint density at radius 1 is 0.933 bits per heavy atom. The van der Waals surface area contributed by atoms with Gasteiger partial charge in [-0.15, -0.1) is 0 Å². The number of carbonyl (C=O) groups is 3. The lowest BCUT2D eigenvalue weighted by atomic mass is 9.44. The highest BCUT2D eigenvalue weighted by Crippen LogP contribution is 2.67. The fraction of sp³-hybridized carbons (Fsp3) is 0.800. The van der Waals surface area contributed by atoms with Gasteiger partial charge in [0.25, 0.3) is 0 Å². The number of carbonyl (C=O) groups excluding carboxylic acids is 3. The summed E-state index contributed by atoms with van der Waals surface area (Å²) in [5, 5.41) is 0. The molecule has 0 saturated heterocycles. The number of hydrogen-bond acceptors (Lipinski definition) is 5. The number of Topliss-reactive ketones (excluding diaryl/α,β-unsaturated/α-hetero) is 1. The van der Waals surface area contributed by atoms with Gasteiger partial charge in [-0.25, -0.2) is 0 Å². The highest BCUT2D eigenvalue weighted by molar-refractivity contribution is 5.95. The summed E-state index contributed by atoms with van der Waals surface area (Å²) in [6.45, 7) is 9.20. The van der Waals surface area contributed by atoms with Gasteiger partial charge in [0, 0.05) is 24.8 Å². The van der Waals surface area contributed by atoms with Crippen molar-refractivity contribution in [1.29, 1.82) is 0 Å². The summed E-state index contributed by atoms with van der Waals surface area (Å²) in [5.41, 5.74) is 0.651. The Balaban J connectivity index is 1.64. The van der Waals surface area contributed by atoms with Crippen molar-refractivity contribution in [3.05, 3.63) is 11.6 Å². The molecular formula is C25H36O5. The van der Waals surface area contributed by atoms with Crippen molar-refractivity contribution in [1.82, 2.24) is 0 Å². The molecule has 0 N–H and O–H groups in total. The minimum atomic E-state index is -0.378. The van der Waals surface area contributed by atoms with Gasteiger partial charge in [-0.05, 0) is 81.0 Å². The van der Waals surface area contributed by atoms with Gasteiger partial charge < -0.3 is 9.47 Å². The molecule has 0 aromatic rings. The van der Waals surface area contributed by atoms with Crippen LogP contribution in [0.25, 0.3) is 0 Å². The van der Waals surface area contributed by atoms with E-state index in [1.54, 1.807) is 6.92 Å². The van der Waals surface area contributed by atoms with Crippen LogP contribution in [0.2, 0.25) is 0 Å². The van der Waals surface area contributed by atoms with Gasteiger partial charge in [-0.1, -0.05) is 19.9 Å². The number of fused-ring (bicyclic) bond motifs is 5. The van der Waals surface area contributed by atoms with Crippen LogP contribution < -0.4 is 0 Å². The second-order valence-corrected chi connectivity index (χ2v) is 10.7. The Hall–Kier alpha value is -1.65. The van der Waals surface area contributed by atoms with Gasteiger partial charge in [0.15, 0.2) is 5.78 Å². The molecule has 8 atom stereocenters. The molecule has 166 valence electrons. The predicted molar refractivity (Wildman–Crippen MR) is 112 cm³/mol. The maximum Gasteiger partial charge on any atom is 0.302 e. The lowest BCUT2D eigenvalue weighted by Gasteiger charge is -2.62. The minimum Gasteiger partial charge on any atom is -0.463 e. The molecular weight excluding hydrogens is 380 g/mol. The van der Waals surface area contributed by atoms with E-state index in [4.69, 9.17) is 9.47 Å². The number of allylic oxidation sites excluding steroid dienone is 1. The van der Waals surface area contributed by atoms with Crippen LogP contribution in [-0.4, -0.2) is 29.9 Å². The largest absolute Gasteiger partial charge is 0.463 e. The van der Waals surface area contributed by atoms with Crippen LogP contribution in [-0.2, 0) is 23.9 Å².